The molecule has 1 aliphatic heterocycles. The molecule has 1 amide bonds. The zero-order chi connectivity index (χ0) is 20.9. The monoisotopic (exact) mass is 407 g/mol. The summed E-state index contributed by atoms with van der Waals surface area (Å²) >= 11 is 0. The minimum absolute atomic E-state index is 0.0864. The number of ether oxygens (including phenoxy) is 2. The first kappa shape index (κ1) is 19.9. The first-order chi connectivity index (χ1) is 14.7. The average molecular weight is 407 g/mol. The summed E-state index contributed by atoms with van der Waals surface area (Å²) in [6.45, 7) is 3.89. The zero-order valence-corrected chi connectivity index (χ0v) is 17.2. The van der Waals surface area contributed by atoms with Crippen molar-refractivity contribution < 1.29 is 18.8 Å². The third-order valence-electron chi connectivity index (χ3n) is 5.12. The highest BCUT2D eigenvalue weighted by Crippen LogP contribution is 2.32. The van der Waals surface area contributed by atoms with E-state index in [1.807, 2.05) is 53.4 Å². The van der Waals surface area contributed by atoms with Crippen molar-refractivity contribution in [3.8, 4) is 22.9 Å². The summed E-state index contributed by atoms with van der Waals surface area (Å²) in [6.07, 6.45) is 1.34. The third kappa shape index (κ3) is 4.30. The lowest BCUT2D eigenvalue weighted by Crippen LogP contribution is -2.24. The molecule has 0 radical (unpaired) electrons. The van der Waals surface area contributed by atoms with Crippen molar-refractivity contribution in [3.05, 3.63) is 60.0 Å². The number of hydrogen-bond donors (Lipinski definition) is 0. The summed E-state index contributed by atoms with van der Waals surface area (Å²) in [4.78, 5) is 18.9. The molecule has 7 nitrogen and oxygen atoms in total. The molecule has 0 saturated carbocycles. The standard InChI is InChI=1S/C23H25N3O4/c1-3-12-29-18-10-8-16(9-11-18)14-26-15-17(13-21(26)27)23-24-22(25-30-23)19-6-4-5-7-20(19)28-2/h4-11,17H,3,12-15H2,1-2H3. The molecule has 4 rings (SSSR count). The molecule has 0 bridgehead atoms. The topological polar surface area (TPSA) is 77.7 Å². The van der Waals surface area contributed by atoms with Gasteiger partial charge < -0.3 is 18.9 Å². The van der Waals surface area contributed by atoms with Gasteiger partial charge >= 0.3 is 0 Å². The van der Waals surface area contributed by atoms with Gasteiger partial charge in [-0.2, -0.15) is 4.98 Å². The summed E-state index contributed by atoms with van der Waals surface area (Å²) in [5.74, 6) is 2.45. The largest absolute Gasteiger partial charge is 0.496 e. The second-order valence-corrected chi connectivity index (χ2v) is 7.32. The number of methoxy groups -OCH3 is 1. The quantitative estimate of drug-likeness (QED) is 0.561. The summed E-state index contributed by atoms with van der Waals surface area (Å²) in [6, 6.07) is 15.4. The molecule has 30 heavy (non-hydrogen) atoms. The van der Waals surface area contributed by atoms with Gasteiger partial charge in [-0.3, -0.25) is 4.79 Å². The van der Waals surface area contributed by atoms with Crippen molar-refractivity contribution >= 4 is 5.91 Å². The molecule has 3 aromatic rings. The van der Waals surface area contributed by atoms with Gasteiger partial charge in [-0.05, 0) is 36.2 Å². The van der Waals surface area contributed by atoms with Gasteiger partial charge in [0.05, 0.1) is 25.2 Å². The van der Waals surface area contributed by atoms with E-state index in [1.165, 1.54) is 0 Å². The van der Waals surface area contributed by atoms with E-state index in [4.69, 9.17) is 14.0 Å². The van der Waals surface area contributed by atoms with Crippen molar-refractivity contribution in [2.24, 2.45) is 0 Å². The van der Waals surface area contributed by atoms with E-state index < -0.39 is 0 Å². The van der Waals surface area contributed by atoms with Gasteiger partial charge in [0.25, 0.3) is 0 Å². The Morgan fingerprint density at radius 2 is 1.97 bits per heavy atom. The van der Waals surface area contributed by atoms with E-state index in [2.05, 4.69) is 17.1 Å². The first-order valence-electron chi connectivity index (χ1n) is 10.1. The first-order valence-corrected chi connectivity index (χ1v) is 10.1. The average Bonchev–Trinajstić information content (AvgIpc) is 3.40. The van der Waals surface area contributed by atoms with Crippen molar-refractivity contribution in [2.45, 2.75) is 32.2 Å². The number of amides is 1. The number of para-hydroxylation sites is 1. The number of hydrogen-bond acceptors (Lipinski definition) is 6. The van der Waals surface area contributed by atoms with Crippen LogP contribution in [0.15, 0.2) is 53.1 Å². The van der Waals surface area contributed by atoms with E-state index >= 15 is 0 Å². The van der Waals surface area contributed by atoms with Gasteiger partial charge in [-0.1, -0.05) is 36.3 Å². The molecule has 156 valence electrons. The number of aromatic nitrogens is 2. The maximum atomic E-state index is 12.5. The molecule has 1 atom stereocenters. The van der Waals surface area contributed by atoms with Crippen LogP contribution in [-0.2, 0) is 11.3 Å². The fourth-order valence-corrected chi connectivity index (χ4v) is 3.56. The van der Waals surface area contributed by atoms with Gasteiger partial charge in [0.15, 0.2) is 0 Å². The minimum Gasteiger partial charge on any atom is -0.496 e. The Labute approximate surface area is 175 Å². The minimum atomic E-state index is -0.111. The van der Waals surface area contributed by atoms with E-state index in [0.717, 1.165) is 23.3 Å². The Bertz CT molecular complexity index is 1000. The van der Waals surface area contributed by atoms with Gasteiger partial charge in [0.2, 0.25) is 17.6 Å². The lowest BCUT2D eigenvalue weighted by Gasteiger charge is -2.16. The number of likely N-dealkylation sites (tertiary alicyclic amines) is 1. The Morgan fingerprint density at radius 1 is 1.17 bits per heavy atom. The van der Waals surface area contributed by atoms with Crippen molar-refractivity contribution in [2.75, 3.05) is 20.3 Å². The molecular formula is C23H25N3O4. The molecule has 0 N–H and O–H groups in total. The highest BCUT2D eigenvalue weighted by atomic mass is 16.5. The Kier molecular flexibility index (Phi) is 5.97. The van der Waals surface area contributed by atoms with Gasteiger partial charge in [0.1, 0.15) is 11.5 Å². The smallest absolute Gasteiger partial charge is 0.232 e. The molecule has 1 aromatic heterocycles. The SMILES string of the molecule is CCCOc1ccc(CN2CC(c3nc(-c4ccccc4OC)no3)CC2=O)cc1. The van der Waals surface area contributed by atoms with Crippen LogP contribution >= 0.6 is 0 Å². The summed E-state index contributed by atoms with van der Waals surface area (Å²) in [5.41, 5.74) is 1.83. The Hall–Kier alpha value is -3.35. The molecule has 1 saturated heterocycles. The van der Waals surface area contributed by atoms with Crippen LogP contribution in [0.3, 0.4) is 0 Å². The van der Waals surface area contributed by atoms with Crippen LogP contribution in [-0.4, -0.2) is 41.2 Å². The van der Waals surface area contributed by atoms with Crippen LogP contribution in [0, 0.1) is 0 Å². The van der Waals surface area contributed by atoms with Gasteiger partial charge in [-0.15, -0.1) is 0 Å². The number of carbonyl (C=O) groups is 1. The number of carbonyl (C=O) groups excluding carboxylic acids is 1. The molecule has 2 aromatic carbocycles. The molecule has 7 heteroatoms. The Morgan fingerprint density at radius 3 is 2.73 bits per heavy atom. The second-order valence-electron chi connectivity index (χ2n) is 7.32. The van der Waals surface area contributed by atoms with Crippen molar-refractivity contribution in [1.29, 1.82) is 0 Å². The lowest BCUT2D eigenvalue weighted by atomic mass is 10.1. The van der Waals surface area contributed by atoms with Gasteiger partial charge in [-0.25, -0.2) is 0 Å². The second kappa shape index (κ2) is 8.98. The molecule has 0 spiro atoms. The predicted molar refractivity (Wildman–Crippen MR) is 111 cm³/mol. The van der Waals surface area contributed by atoms with E-state index in [1.54, 1.807) is 7.11 Å². The van der Waals surface area contributed by atoms with Crippen LogP contribution in [0.5, 0.6) is 11.5 Å². The van der Waals surface area contributed by atoms with Crippen LogP contribution < -0.4 is 9.47 Å². The number of rotatable bonds is 8. The normalized spacial score (nSPS) is 16.1. The number of nitrogens with zero attached hydrogens (tertiary/aromatic N) is 3. The third-order valence-corrected chi connectivity index (χ3v) is 5.12. The fourth-order valence-electron chi connectivity index (χ4n) is 3.56. The predicted octanol–water partition coefficient (Wildman–Crippen LogP) is 4.05. The maximum Gasteiger partial charge on any atom is 0.232 e. The van der Waals surface area contributed by atoms with Crippen LogP contribution in [0.4, 0.5) is 0 Å². The van der Waals surface area contributed by atoms with Gasteiger partial charge in [0, 0.05) is 19.5 Å². The molecule has 1 unspecified atom stereocenters. The molecule has 1 aliphatic rings. The molecule has 1 fully saturated rings. The van der Waals surface area contributed by atoms with Crippen LogP contribution in [0.2, 0.25) is 0 Å². The highest BCUT2D eigenvalue weighted by molar-refractivity contribution is 5.79. The molecular weight excluding hydrogens is 382 g/mol. The van der Waals surface area contributed by atoms with E-state index in [-0.39, 0.29) is 11.8 Å². The Balaban J connectivity index is 1.42. The van der Waals surface area contributed by atoms with E-state index in [0.29, 0.717) is 43.6 Å². The fraction of sp³-hybridized carbons (Fsp3) is 0.348. The maximum absolute atomic E-state index is 12.5. The van der Waals surface area contributed by atoms with Crippen molar-refractivity contribution in [3.63, 3.8) is 0 Å². The molecule has 2 heterocycles. The summed E-state index contributed by atoms with van der Waals surface area (Å²) in [7, 11) is 1.61. The molecule has 0 aliphatic carbocycles. The van der Waals surface area contributed by atoms with Crippen LogP contribution in [0.25, 0.3) is 11.4 Å². The highest BCUT2D eigenvalue weighted by Gasteiger charge is 2.34. The number of benzene rings is 2. The van der Waals surface area contributed by atoms with Crippen LogP contribution in [0.1, 0.15) is 37.1 Å². The summed E-state index contributed by atoms with van der Waals surface area (Å²) < 4.78 is 16.5. The van der Waals surface area contributed by atoms with E-state index in [9.17, 15) is 4.79 Å². The summed E-state index contributed by atoms with van der Waals surface area (Å²) in [5, 5.41) is 4.10. The van der Waals surface area contributed by atoms with Crippen molar-refractivity contribution in [1.82, 2.24) is 15.0 Å². The zero-order valence-electron chi connectivity index (χ0n) is 17.2. The lowest BCUT2D eigenvalue weighted by molar-refractivity contribution is -0.128.